The molecule has 1 aromatic carbocycles. The summed E-state index contributed by atoms with van der Waals surface area (Å²) < 4.78 is 27.5. The van der Waals surface area contributed by atoms with E-state index in [0.29, 0.717) is 11.6 Å². The molecule has 2 amide bonds. The first kappa shape index (κ1) is 26.1. The fourth-order valence-corrected chi connectivity index (χ4v) is 3.15. The number of rotatable bonds is 8. The van der Waals surface area contributed by atoms with Gasteiger partial charge in [0.2, 0.25) is 5.79 Å². The van der Waals surface area contributed by atoms with Crippen LogP contribution in [-0.4, -0.2) is 66.4 Å². The molecule has 0 saturated heterocycles. The first-order valence-corrected chi connectivity index (χ1v) is 11.3. The second-order valence-corrected chi connectivity index (χ2v) is 9.60. The number of amides is 2. The zero-order chi connectivity index (χ0) is 25.6. The Morgan fingerprint density at radius 2 is 1.89 bits per heavy atom. The van der Waals surface area contributed by atoms with Crippen LogP contribution in [0.25, 0.3) is 10.8 Å². The summed E-state index contributed by atoms with van der Waals surface area (Å²) in [6.07, 6.45) is 1.90. The van der Waals surface area contributed by atoms with E-state index in [1.165, 1.54) is 11.2 Å². The number of aromatic nitrogens is 1. The number of pyridine rings is 1. The number of ether oxygens (including phenoxy) is 5. The van der Waals surface area contributed by atoms with Crippen molar-refractivity contribution in [3.05, 3.63) is 48.5 Å². The number of carbonyl (C=O) groups excluding carboxylic acids is 2. The predicted octanol–water partition coefficient (Wildman–Crippen LogP) is 4.66. The Balaban J connectivity index is 1.58. The summed E-state index contributed by atoms with van der Waals surface area (Å²) in [4.78, 5) is 30.6. The lowest BCUT2D eigenvalue weighted by Gasteiger charge is -2.30. The van der Waals surface area contributed by atoms with Crippen LogP contribution in [0.4, 0.5) is 15.4 Å². The van der Waals surface area contributed by atoms with Gasteiger partial charge in [-0.25, -0.2) is 14.6 Å². The number of anilines is 1. The molecule has 0 spiro atoms. The van der Waals surface area contributed by atoms with E-state index in [4.69, 9.17) is 23.7 Å². The number of nitrogens with zero attached hydrogens (tertiary/aromatic N) is 2. The van der Waals surface area contributed by atoms with E-state index in [2.05, 4.69) is 10.3 Å². The molecule has 190 valence electrons. The fourth-order valence-electron chi connectivity index (χ4n) is 3.15. The third-order valence-corrected chi connectivity index (χ3v) is 4.90. The molecule has 10 nitrogen and oxygen atoms in total. The molecule has 0 radical (unpaired) electrons. The summed E-state index contributed by atoms with van der Waals surface area (Å²) in [6.45, 7) is 8.97. The van der Waals surface area contributed by atoms with E-state index in [0.717, 1.165) is 10.8 Å². The van der Waals surface area contributed by atoms with Crippen molar-refractivity contribution in [1.29, 1.82) is 0 Å². The lowest BCUT2D eigenvalue weighted by atomic mass is 10.2. The second-order valence-electron chi connectivity index (χ2n) is 9.60. The molecule has 3 rings (SSSR count). The Hall–Kier alpha value is -3.53. The molecular formula is C25H33N3O7. The van der Waals surface area contributed by atoms with Crippen molar-refractivity contribution < 1.29 is 33.3 Å². The minimum absolute atomic E-state index is 0.0678. The van der Waals surface area contributed by atoms with Crippen LogP contribution in [0.2, 0.25) is 0 Å². The Labute approximate surface area is 205 Å². The maximum atomic E-state index is 12.6. The maximum absolute atomic E-state index is 12.6. The smallest absolute Gasteiger partial charge is 0.412 e. The molecule has 1 atom stereocenters. The first-order chi connectivity index (χ1) is 16.4. The monoisotopic (exact) mass is 487 g/mol. The number of fused-ring (bicyclic) bond motifs is 1. The van der Waals surface area contributed by atoms with Crippen LogP contribution in [0.15, 0.2) is 48.5 Å². The highest BCUT2D eigenvalue weighted by atomic mass is 16.7. The topological polar surface area (TPSA) is 108 Å². The molecule has 0 aliphatic carbocycles. The van der Waals surface area contributed by atoms with Gasteiger partial charge in [0, 0.05) is 32.5 Å². The van der Waals surface area contributed by atoms with Gasteiger partial charge in [-0.15, -0.1) is 0 Å². The van der Waals surface area contributed by atoms with Crippen LogP contribution in [-0.2, 0) is 23.7 Å². The van der Waals surface area contributed by atoms with Gasteiger partial charge in [-0.2, -0.15) is 0 Å². The summed E-state index contributed by atoms with van der Waals surface area (Å²) in [6, 6.07) is 8.81. The summed E-state index contributed by atoms with van der Waals surface area (Å²) >= 11 is 0. The highest BCUT2D eigenvalue weighted by Crippen LogP contribution is 2.24. The van der Waals surface area contributed by atoms with Crippen molar-refractivity contribution in [2.24, 2.45) is 0 Å². The highest BCUT2D eigenvalue weighted by molar-refractivity contribution is 5.89. The Morgan fingerprint density at radius 1 is 1.17 bits per heavy atom. The third kappa shape index (κ3) is 8.03. The summed E-state index contributed by atoms with van der Waals surface area (Å²) in [7, 11) is 1.56. The largest absolute Gasteiger partial charge is 0.457 e. The van der Waals surface area contributed by atoms with E-state index in [1.807, 2.05) is 24.3 Å². The van der Waals surface area contributed by atoms with Crippen molar-refractivity contribution >= 4 is 28.8 Å². The molecule has 1 aromatic heterocycles. The average Bonchev–Trinajstić information content (AvgIpc) is 3.12. The second kappa shape index (κ2) is 10.8. The maximum Gasteiger partial charge on any atom is 0.412 e. The van der Waals surface area contributed by atoms with Crippen LogP contribution in [0.5, 0.6) is 0 Å². The van der Waals surface area contributed by atoms with Gasteiger partial charge in [-0.3, -0.25) is 5.32 Å². The van der Waals surface area contributed by atoms with Gasteiger partial charge in [-0.05, 0) is 32.2 Å². The normalized spacial score (nSPS) is 15.4. The van der Waals surface area contributed by atoms with Crippen molar-refractivity contribution in [2.75, 3.05) is 32.2 Å². The molecular weight excluding hydrogens is 454 g/mol. The molecule has 0 fully saturated rings. The van der Waals surface area contributed by atoms with Gasteiger partial charge >= 0.3 is 12.2 Å². The number of nitrogens with one attached hydrogen (secondary N) is 1. The first-order valence-electron chi connectivity index (χ1n) is 11.3. The summed E-state index contributed by atoms with van der Waals surface area (Å²) in [5, 5.41) is 4.50. The SMILES string of the molecule is CN(C(=O)OC(C)(C)C)C(COCC1=COC(C)(C)O1)COC(=O)Nc1cc2ccccc2cn1. The van der Waals surface area contributed by atoms with E-state index >= 15 is 0 Å². The minimum Gasteiger partial charge on any atom is -0.457 e. The van der Waals surface area contributed by atoms with E-state index in [-0.39, 0.29) is 19.8 Å². The molecule has 2 aromatic rings. The quantitative estimate of drug-likeness (QED) is 0.573. The molecule has 1 unspecified atom stereocenters. The third-order valence-electron chi connectivity index (χ3n) is 4.90. The Morgan fingerprint density at radius 3 is 2.54 bits per heavy atom. The summed E-state index contributed by atoms with van der Waals surface area (Å²) in [5.74, 6) is 0.133. The average molecular weight is 488 g/mol. The van der Waals surface area contributed by atoms with Crippen LogP contribution in [0, 0.1) is 0 Å². The molecule has 0 saturated carbocycles. The van der Waals surface area contributed by atoms with Crippen molar-refractivity contribution in [3.8, 4) is 0 Å². The number of carbonyl (C=O) groups is 2. The standard InChI is InChI=1S/C25H33N3O7/c1-24(2,3)35-23(30)28(6)19(13-31-15-20-16-33-25(4,5)34-20)14-32-22(29)27-21-11-17-9-7-8-10-18(17)12-26-21/h7-12,16,19H,13-15H2,1-6H3,(H,26,27,29). The highest BCUT2D eigenvalue weighted by Gasteiger charge is 2.29. The van der Waals surface area contributed by atoms with Crippen LogP contribution < -0.4 is 5.32 Å². The van der Waals surface area contributed by atoms with Crippen molar-refractivity contribution in [1.82, 2.24) is 9.88 Å². The van der Waals surface area contributed by atoms with Gasteiger partial charge in [-0.1, -0.05) is 24.3 Å². The molecule has 35 heavy (non-hydrogen) atoms. The Bertz CT molecular complexity index is 1080. The summed E-state index contributed by atoms with van der Waals surface area (Å²) in [5.41, 5.74) is -0.678. The van der Waals surface area contributed by atoms with Crippen LogP contribution in [0.3, 0.4) is 0 Å². The van der Waals surface area contributed by atoms with Crippen molar-refractivity contribution in [3.63, 3.8) is 0 Å². The lowest BCUT2D eigenvalue weighted by Crippen LogP contribution is -2.46. The number of hydrogen-bond donors (Lipinski definition) is 1. The lowest BCUT2D eigenvalue weighted by molar-refractivity contribution is -0.122. The van der Waals surface area contributed by atoms with E-state index < -0.39 is 29.6 Å². The molecule has 1 aliphatic heterocycles. The van der Waals surface area contributed by atoms with E-state index in [9.17, 15) is 9.59 Å². The van der Waals surface area contributed by atoms with Gasteiger partial charge in [0.15, 0.2) is 5.76 Å². The molecule has 0 bridgehead atoms. The van der Waals surface area contributed by atoms with Crippen molar-refractivity contribution in [2.45, 2.75) is 52.0 Å². The van der Waals surface area contributed by atoms with Gasteiger partial charge in [0.25, 0.3) is 0 Å². The molecule has 1 N–H and O–H groups in total. The van der Waals surface area contributed by atoms with Crippen LogP contribution >= 0.6 is 0 Å². The van der Waals surface area contributed by atoms with Crippen LogP contribution in [0.1, 0.15) is 34.6 Å². The predicted molar refractivity (Wildman–Crippen MR) is 130 cm³/mol. The van der Waals surface area contributed by atoms with E-state index in [1.54, 1.807) is 53.9 Å². The van der Waals surface area contributed by atoms with Gasteiger partial charge in [0.05, 0.1) is 12.6 Å². The Kier molecular flexibility index (Phi) is 8.06. The van der Waals surface area contributed by atoms with Gasteiger partial charge < -0.3 is 28.6 Å². The fraction of sp³-hybridized carbons (Fsp3) is 0.480. The zero-order valence-electron chi connectivity index (χ0n) is 21.0. The van der Waals surface area contributed by atoms with Gasteiger partial charge in [0.1, 0.15) is 30.9 Å². The molecule has 2 heterocycles. The zero-order valence-corrected chi connectivity index (χ0v) is 21.0. The number of likely N-dealkylation sites (N-methyl/N-ethyl adjacent to an activating group) is 1. The minimum atomic E-state index is -0.747. The molecule has 10 heteroatoms. The molecule has 1 aliphatic rings. The number of benzene rings is 1. The number of hydrogen-bond acceptors (Lipinski definition) is 8.